The maximum absolute atomic E-state index is 12.9. The van der Waals surface area contributed by atoms with Crippen molar-refractivity contribution in [2.45, 2.75) is 32.2 Å². The molecule has 6 heteroatoms. The van der Waals surface area contributed by atoms with Gasteiger partial charge in [-0.2, -0.15) is 0 Å². The van der Waals surface area contributed by atoms with E-state index in [1.54, 1.807) is 31.4 Å². The van der Waals surface area contributed by atoms with Gasteiger partial charge in [0.05, 0.1) is 13.2 Å². The fourth-order valence-electron chi connectivity index (χ4n) is 3.90. The van der Waals surface area contributed by atoms with Gasteiger partial charge in [0.2, 0.25) is 5.91 Å². The van der Waals surface area contributed by atoms with Gasteiger partial charge in [-0.3, -0.25) is 14.5 Å². The van der Waals surface area contributed by atoms with Gasteiger partial charge in [-0.15, -0.1) is 0 Å². The van der Waals surface area contributed by atoms with Crippen molar-refractivity contribution in [3.63, 3.8) is 0 Å². The van der Waals surface area contributed by atoms with E-state index >= 15 is 0 Å². The van der Waals surface area contributed by atoms with E-state index in [-0.39, 0.29) is 17.9 Å². The molecule has 142 valence electrons. The van der Waals surface area contributed by atoms with Crippen molar-refractivity contribution in [2.75, 3.05) is 46.4 Å². The molecule has 1 unspecified atom stereocenters. The summed E-state index contributed by atoms with van der Waals surface area (Å²) in [5.74, 6) is 0.988. The Morgan fingerprint density at radius 1 is 0.962 bits per heavy atom. The zero-order chi connectivity index (χ0) is 18.5. The zero-order valence-corrected chi connectivity index (χ0v) is 15.8. The minimum atomic E-state index is 0.00124. The summed E-state index contributed by atoms with van der Waals surface area (Å²) in [4.78, 5) is 31.6. The Kier molecular flexibility index (Phi) is 6.14. The molecule has 2 heterocycles. The fraction of sp³-hybridized carbons (Fsp3) is 0.600. The summed E-state index contributed by atoms with van der Waals surface area (Å²) in [7, 11) is 1.61. The van der Waals surface area contributed by atoms with Gasteiger partial charge < -0.3 is 14.5 Å². The molecule has 2 aliphatic rings. The van der Waals surface area contributed by atoms with Crippen LogP contribution in [0.3, 0.4) is 0 Å². The van der Waals surface area contributed by atoms with Crippen LogP contribution in [0.5, 0.6) is 5.75 Å². The molecular formula is C20H29N3O3. The highest BCUT2D eigenvalue weighted by Gasteiger charge is 2.32. The molecule has 1 aromatic rings. The van der Waals surface area contributed by atoms with Gasteiger partial charge in [0.15, 0.2) is 0 Å². The predicted molar refractivity (Wildman–Crippen MR) is 100 cm³/mol. The summed E-state index contributed by atoms with van der Waals surface area (Å²) in [6, 6.07) is 7.18. The number of carbonyl (C=O) groups excluding carboxylic acids is 2. The van der Waals surface area contributed by atoms with Gasteiger partial charge in [0.25, 0.3) is 5.91 Å². The highest BCUT2D eigenvalue weighted by molar-refractivity contribution is 5.94. The normalized spacial score (nSPS) is 19.5. The first-order chi connectivity index (χ1) is 12.6. The highest BCUT2D eigenvalue weighted by atomic mass is 16.5. The van der Waals surface area contributed by atoms with E-state index in [2.05, 4.69) is 11.8 Å². The van der Waals surface area contributed by atoms with Crippen LogP contribution < -0.4 is 4.74 Å². The lowest BCUT2D eigenvalue weighted by Crippen LogP contribution is -2.55. The first-order valence-corrected chi connectivity index (χ1v) is 9.60. The molecule has 0 spiro atoms. The maximum atomic E-state index is 12.9. The van der Waals surface area contributed by atoms with Crippen LogP contribution in [0.4, 0.5) is 0 Å². The number of hydrogen-bond acceptors (Lipinski definition) is 4. The van der Waals surface area contributed by atoms with E-state index < -0.39 is 0 Å². The third-order valence-electron chi connectivity index (χ3n) is 5.47. The standard InChI is InChI=1S/C20H29N3O3/c1-3-18(21-10-4-5-11-21)20(25)23-14-12-22(13-15-23)19(24)16-6-8-17(26-2)9-7-16/h6-9,18H,3-5,10-15H2,1-2H3. The number of ether oxygens (including phenoxy) is 1. The van der Waals surface area contributed by atoms with E-state index in [9.17, 15) is 9.59 Å². The predicted octanol–water partition coefficient (Wildman–Crippen LogP) is 1.85. The average molecular weight is 359 g/mol. The van der Waals surface area contributed by atoms with E-state index in [0.717, 1.165) is 25.3 Å². The Balaban J connectivity index is 1.55. The first kappa shape index (κ1) is 18.7. The van der Waals surface area contributed by atoms with E-state index in [1.807, 2.05) is 9.80 Å². The van der Waals surface area contributed by atoms with Crippen LogP contribution in [0.2, 0.25) is 0 Å². The second-order valence-corrected chi connectivity index (χ2v) is 7.01. The molecule has 3 rings (SSSR count). The van der Waals surface area contributed by atoms with Crippen LogP contribution in [-0.2, 0) is 4.79 Å². The van der Waals surface area contributed by atoms with Crippen molar-refractivity contribution in [1.29, 1.82) is 0 Å². The number of piperazine rings is 1. The molecule has 1 aromatic carbocycles. The average Bonchev–Trinajstić information content (AvgIpc) is 3.22. The topological polar surface area (TPSA) is 53.1 Å². The summed E-state index contributed by atoms with van der Waals surface area (Å²) in [6.45, 7) is 6.56. The van der Waals surface area contributed by atoms with Crippen LogP contribution in [-0.4, -0.2) is 78.9 Å². The number of methoxy groups -OCH3 is 1. The Labute approximate surface area is 155 Å². The van der Waals surface area contributed by atoms with Crippen LogP contribution >= 0.6 is 0 Å². The molecule has 2 fully saturated rings. The Morgan fingerprint density at radius 3 is 2.08 bits per heavy atom. The van der Waals surface area contributed by atoms with Crippen LogP contribution in [0.25, 0.3) is 0 Å². The van der Waals surface area contributed by atoms with Crippen LogP contribution in [0.15, 0.2) is 24.3 Å². The third kappa shape index (κ3) is 4.01. The summed E-state index contributed by atoms with van der Waals surface area (Å²) in [5.41, 5.74) is 0.661. The number of carbonyl (C=O) groups is 2. The second kappa shape index (κ2) is 8.54. The number of likely N-dealkylation sites (tertiary alicyclic amines) is 1. The summed E-state index contributed by atoms with van der Waals surface area (Å²) >= 11 is 0. The molecule has 0 radical (unpaired) electrons. The van der Waals surface area contributed by atoms with Gasteiger partial charge in [0, 0.05) is 31.7 Å². The SMILES string of the molecule is CCC(C(=O)N1CCN(C(=O)c2ccc(OC)cc2)CC1)N1CCCC1. The number of benzene rings is 1. The molecule has 1 atom stereocenters. The van der Waals surface area contributed by atoms with Gasteiger partial charge in [-0.1, -0.05) is 6.92 Å². The minimum Gasteiger partial charge on any atom is -0.497 e. The molecule has 6 nitrogen and oxygen atoms in total. The molecule has 0 saturated carbocycles. The van der Waals surface area contributed by atoms with Gasteiger partial charge in [-0.05, 0) is 56.6 Å². The molecule has 2 amide bonds. The van der Waals surface area contributed by atoms with Crippen molar-refractivity contribution in [3.8, 4) is 5.75 Å². The van der Waals surface area contributed by atoms with Gasteiger partial charge in [0.1, 0.15) is 5.75 Å². The fourth-order valence-corrected chi connectivity index (χ4v) is 3.90. The van der Waals surface area contributed by atoms with E-state index in [1.165, 1.54) is 12.8 Å². The summed E-state index contributed by atoms with van der Waals surface area (Å²) < 4.78 is 5.14. The molecule has 2 aliphatic heterocycles. The monoisotopic (exact) mass is 359 g/mol. The van der Waals surface area contributed by atoms with Crippen molar-refractivity contribution >= 4 is 11.8 Å². The number of hydrogen-bond donors (Lipinski definition) is 0. The van der Waals surface area contributed by atoms with Gasteiger partial charge >= 0.3 is 0 Å². The molecule has 26 heavy (non-hydrogen) atoms. The van der Waals surface area contributed by atoms with E-state index in [4.69, 9.17) is 4.74 Å². The van der Waals surface area contributed by atoms with Crippen molar-refractivity contribution < 1.29 is 14.3 Å². The molecule has 2 saturated heterocycles. The Bertz CT molecular complexity index is 618. The lowest BCUT2D eigenvalue weighted by Gasteiger charge is -2.38. The molecule has 0 aromatic heterocycles. The van der Waals surface area contributed by atoms with Gasteiger partial charge in [-0.25, -0.2) is 0 Å². The lowest BCUT2D eigenvalue weighted by atomic mass is 10.1. The Morgan fingerprint density at radius 2 is 1.54 bits per heavy atom. The van der Waals surface area contributed by atoms with Crippen molar-refractivity contribution in [3.05, 3.63) is 29.8 Å². The van der Waals surface area contributed by atoms with Crippen molar-refractivity contribution in [1.82, 2.24) is 14.7 Å². The minimum absolute atomic E-state index is 0.00124. The number of amides is 2. The third-order valence-corrected chi connectivity index (χ3v) is 5.47. The number of nitrogens with zero attached hydrogens (tertiary/aromatic N) is 3. The summed E-state index contributed by atoms with van der Waals surface area (Å²) in [5, 5.41) is 0. The van der Waals surface area contributed by atoms with Crippen LogP contribution in [0.1, 0.15) is 36.5 Å². The molecule has 0 bridgehead atoms. The van der Waals surface area contributed by atoms with Crippen molar-refractivity contribution in [2.24, 2.45) is 0 Å². The quantitative estimate of drug-likeness (QED) is 0.805. The smallest absolute Gasteiger partial charge is 0.253 e. The largest absolute Gasteiger partial charge is 0.497 e. The highest BCUT2D eigenvalue weighted by Crippen LogP contribution is 2.18. The Hall–Kier alpha value is -2.08. The zero-order valence-electron chi connectivity index (χ0n) is 15.8. The molecule has 0 N–H and O–H groups in total. The maximum Gasteiger partial charge on any atom is 0.253 e. The lowest BCUT2D eigenvalue weighted by molar-refractivity contribution is -0.138. The second-order valence-electron chi connectivity index (χ2n) is 7.01. The van der Waals surface area contributed by atoms with Crippen LogP contribution in [0, 0.1) is 0 Å². The first-order valence-electron chi connectivity index (χ1n) is 9.60. The molecular weight excluding hydrogens is 330 g/mol. The molecule has 0 aliphatic carbocycles. The summed E-state index contributed by atoms with van der Waals surface area (Å²) in [6.07, 6.45) is 3.23. The number of rotatable bonds is 5. The van der Waals surface area contributed by atoms with E-state index in [0.29, 0.717) is 31.7 Å².